The predicted molar refractivity (Wildman–Crippen MR) is 82.2 cm³/mol. The van der Waals surface area contributed by atoms with Crippen molar-refractivity contribution in [3.05, 3.63) is 51.7 Å². The molecule has 0 amide bonds. The van der Waals surface area contributed by atoms with Crippen molar-refractivity contribution in [1.29, 1.82) is 0 Å². The minimum atomic E-state index is 0.118. The van der Waals surface area contributed by atoms with E-state index in [0.29, 0.717) is 5.88 Å². The fourth-order valence-corrected chi connectivity index (χ4v) is 2.02. The van der Waals surface area contributed by atoms with Crippen molar-refractivity contribution in [3.63, 3.8) is 0 Å². The van der Waals surface area contributed by atoms with Gasteiger partial charge in [0.15, 0.2) is 0 Å². The Morgan fingerprint density at radius 3 is 2.33 bits per heavy atom. The number of hydrogen-bond acceptors (Lipinski definition) is 2. The Hall–Kier alpha value is -1.10. The van der Waals surface area contributed by atoms with Gasteiger partial charge in [0.05, 0.1) is 3.57 Å². The van der Waals surface area contributed by atoms with Gasteiger partial charge in [-0.2, -0.15) is 0 Å². The van der Waals surface area contributed by atoms with Crippen LogP contribution in [0.25, 0.3) is 0 Å². The molecule has 0 spiro atoms. The number of hydrogen-bond donors (Lipinski definition) is 0. The van der Waals surface area contributed by atoms with E-state index in [0.717, 1.165) is 9.32 Å². The number of rotatable bonds is 2. The van der Waals surface area contributed by atoms with Crippen LogP contribution in [0.5, 0.6) is 11.6 Å². The van der Waals surface area contributed by atoms with E-state index in [9.17, 15) is 0 Å². The highest BCUT2D eigenvalue weighted by atomic mass is 127. The van der Waals surface area contributed by atoms with Crippen LogP contribution in [0.15, 0.2) is 42.6 Å². The molecule has 0 bridgehead atoms. The molecular formula is C15H16INO. The van der Waals surface area contributed by atoms with Crippen LogP contribution in [-0.4, -0.2) is 4.98 Å². The normalized spacial score (nSPS) is 11.3. The fourth-order valence-electron chi connectivity index (χ4n) is 1.52. The summed E-state index contributed by atoms with van der Waals surface area (Å²) in [4.78, 5) is 4.36. The molecule has 1 aromatic heterocycles. The molecule has 0 atom stereocenters. The molecule has 94 valence electrons. The Bertz CT molecular complexity index is 529. The van der Waals surface area contributed by atoms with Gasteiger partial charge in [-0.15, -0.1) is 0 Å². The lowest BCUT2D eigenvalue weighted by Crippen LogP contribution is -2.11. The van der Waals surface area contributed by atoms with Crippen molar-refractivity contribution in [2.24, 2.45) is 0 Å². The summed E-state index contributed by atoms with van der Waals surface area (Å²) >= 11 is 2.25. The predicted octanol–water partition coefficient (Wildman–Crippen LogP) is 4.78. The molecule has 1 aromatic carbocycles. The number of aromatic nitrogens is 1. The molecule has 2 aromatic rings. The van der Waals surface area contributed by atoms with E-state index in [1.165, 1.54) is 5.56 Å². The number of nitrogens with zero attached hydrogens (tertiary/aromatic N) is 1. The zero-order chi connectivity index (χ0) is 13.2. The average molecular weight is 353 g/mol. The Labute approximate surface area is 122 Å². The van der Waals surface area contributed by atoms with E-state index >= 15 is 0 Å². The minimum Gasteiger partial charge on any atom is -0.438 e. The van der Waals surface area contributed by atoms with Gasteiger partial charge in [0.25, 0.3) is 0 Å². The molecule has 0 saturated heterocycles. The van der Waals surface area contributed by atoms with Crippen LogP contribution in [0.4, 0.5) is 0 Å². The van der Waals surface area contributed by atoms with Crippen LogP contribution in [-0.2, 0) is 5.41 Å². The SMILES string of the molecule is CC(C)(C)c1ccc(Oc2ccccc2I)nc1. The van der Waals surface area contributed by atoms with E-state index in [-0.39, 0.29) is 5.41 Å². The van der Waals surface area contributed by atoms with Gasteiger partial charge in [0.1, 0.15) is 5.75 Å². The summed E-state index contributed by atoms with van der Waals surface area (Å²) in [5.41, 5.74) is 1.32. The van der Waals surface area contributed by atoms with Crippen LogP contribution in [0, 0.1) is 3.57 Å². The third kappa shape index (κ3) is 3.22. The zero-order valence-corrected chi connectivity index (χ0v) is 12.9. The molecule has 0 aliphatic rings. The molecule has 2 rings (SSSR count). The van der Waals surface area contributed by atoms with Crippen LogP contribution >= 0.6 is 22.6 Å². The van der Waals surface area contributed by atoms with Crippen LogP contribution < -0.4 is 4.74 Å². The summed E-state index contributed by atoms with van der Waals surface area (Å²) in [6.45, 7) is 6.51. The molecule has 0 fully saturated rings. The summed E-state index contributed by atoms with van der Waals surface area (Å²) in [6.07, 6.45) is 1.88. The molecule has 2 nitrogen and oxygen atoms in total. The number of pyridine rings is 1. The molecule has 0 unspecified atom stereocenters. The number of halogens is 1. The second kappa shape index (κ2) is 5.26. The first-order valence-corrected chi connectivity index (χ1v) is 6.93. The second-order valence-electron chi connectivity index (χ2n) is 5.17. The maximum absolute atomic E-state index is 5.76. The summed E-state index contributed by atoms with van der Waals surface area (Å²) in [5.74, 6) is 1.47. The van der Waals surface area contributed by atoms with E-state index in [4.69, 9.17) is 4.74 Å². The van der Waals surface area contributed by atoms with Crippen molar-refractivity contribution >= 4 is 22.6 Å². The first-order valence-electron chi connectivity index (χ1n) is 5.86. The van der Waals surface area contributed by atoms with E-state index in [1.807, 2.05) is 36.5 Å². The first-order chi connectivity index (χ1) is 8.47. The molecule has 0 radical (unpaired) electrons. The quantitative estimate of drug-likeness (QED) is 0.726. The minimum absolute atomic E-state index is 0.118. The lowest BCUT2D eigenvalue weighted by atomic mass is 9.88. The highest BCUT2D eigenvalue weighted by molar-refractivity contribution is 14.1. The van der Waals surface area contributed by atoms with Gasteiger partial charge in [0, 0.05) is 12.3 Å². The molecule has 0 N–H and O–H groups in total. The first kappa shape index (κ1) is 13.3. The smallest absolute Gasteiger partial charge is 0.219 e. The van der Waals surface area contributed by atoms with Crippen LogP contribution in [0.2, 0.25) is 0 Å². The van der Waals surface area contributed by atoms with Crippen molar-refractivity contribution in [1.82, 2.24) is 4.98 Å². The number of para-hydroxylation sites is 1. The summed E-state index contributed by atoms with van der Waals surface area (Å²) in [5, 5.41) is 0. The van der Waals surface area contributed by atoms with Crippen molar-refractivity contribution in [3.8, 4) is 11.6 Å². The van der Waals surface area contributed by atoms with Gasteiger partial charge in [0.2, 0.25) is 5.88 Å². The van der Waals surface area contributed by atoms with Crippen LogP contribution in [0.1, 0.15) is 26.3 Å². The molecular weight excluding hydrogens is 337 g/mol. The number of benzene rings is 1. The van der Waals surface area contributed by atoms with E-state index in [2.05, 4.69) is 54.4 Å². The Kier molecular flexibility index (Phi) is 3.90. The third-order valence-corrected chi connectivity index (χ3v) is 3.54. The molecule has 3 heteroatoms. The highest BCUT2D eigenvalue weighted by Crippen LogP contribution is 2.27. The lowest BCUT2D eigenvalue weighted by Gasteiger charge is -2.18. The third-order valence-electron chi connectivity index (χ3n) is 2.65. The fraction of sp³-hybridized carbons (Fsp3) is 0.267. The summed E-state index contributed by atoms with van der Waals surface area (Å²) in [6, 6.07) is 11.9. The standard InChI is InChI=1S/C15H16INO/c1-15(2,3)11-8-9-14(17-10-11)18-13-7-5-4-6-12(13)16/h4-10H,1-3H3. The molecule has 1 heterocycles. The summed E-state index contributed by atoms with van der Waals surface area (Å²) < 4.78 is 6.84. The monoisotopic (exact) mass is 353 g/mol. The van der Waals surface area contributed by atoms with Gasteiger partial charge in [-0.1, -0.05) is 39.0 Å². The van der Waals surface area contributed by atoms with Gasteiger partial charge >= 0.3 is 0 Å². The van der Waals surface area contributed by atoms with Gasteiger partial charge in [-0.05, 0) is 45.7 Å². The Morgan fingerprint density at radius 2 is 1.78 bits per heavy atom. The topological polar surface area (TPSA) is 22.1 Å². The highest BCUT2D eigenvalue weighted by Gasteiger charge is 2.14. The Balaban J connectivity index is 2.19. The van der Waals surface area contributed by atoms with E-state index in [1.54, 1.807) is 0 Å². The van der Waals surface area contributed by atoms with Crippen molar-refractivity contribution < 1.29 is 4.74 Å². The number of ether oxygens (including phenoxy) is 1. The maximum atomic E-state index is 5.76. The van der Waals surface area contributed by atoms with Crippen molar-refractivity contribution in [2.45, 2.75) is 26.2 Å². The molecule has 0 aliphatic carbocycles. The lowest BCUT2D eigenvalue weighted by molar-refractivity contribution is 0.457. The van der Waals surface area contributed by atoms with E-state index < -0.39 is 0 Å². The van der Waals surface area contributed by atoms with Crippen molar-refractivity contribution in [2.75, 3.05) is 0 Å². The largest absolute Gasteiger partial charge is 0.438 e. The molecule has 0 aliphatic heterocycles. The van der Waals surface area contributed by atoms with Crippen LogP contribution in [0.3, 0.4) is 0 Å². The zero-order valence-electron chi connectivity index (χ0n) is 10.8. The van der Waals surface area contributed by atoms with Gasteiger partial charge in [-0.25, -0.2) is 4.98 Å². The summed E-state index contributed by atoms with van der Waals surface area (Å²) in [7, 11) is 0. The molecule has 0 saturated carbocycles. The molecule has 18 heavy (non-hydrogen) atoms. The maximum Gasteiger partial charge on any atom is 0.219 e. The van der Waals surface area contributed by atoms with Gasteiger partial charge < -0.3 is 4.74 Å². The Morgan fingerprint density at radius 1 is 1.06 bits per heavy atom. The second-order valence-corrected chi connectivity index (χ2v) is 6.33. The van der Waals surface area contributed by atoms with Gasteiger partial charge in [-0.3, -0.25) is 0 Å². The average Bonchev–Trinajstić information content (AvgIpc) is 2.32.